The Hall–Kier alpha value is -1.00. The van der Waals surface area contributed by atoms with Crippen LogP contribution < -0.4 is 5.32 Å². The van der Waals surface area contributed by atoms with E-state index < -0.39 is 0 Å². The zero-order valence-electron chi connectivity index (χ0n) is 12.0. The minimum atomic E-state index is 0.770. The summed E-state index contributed by atoms with van der Waals surface area (Å²) >= 11 is 0. The molecular formula is C14H25N3O. The van der Waals surface area contributed by atoms with E-state index in [0.29, 0.717) is 0 Å². The molecule has 1 rings (SSSR count). The van der Waals surface area contributed by atoms with Crippen molar-refractivity contribution < 1.29 is 4.74 Å². The lowest BCUT2D eigenvalue weighted by Crippen LogP contribution is -2.21. The fraction of sp³-hybridized carbons (Fsp3) is 0.714. The van der Waals surface area contributed by atoms with E-state index in [9.17, 15) is 0 Å². The molecule has 0 aromatic carbocycles. The quantitative estimate of drug-likeness (QED) is 0.716. The highest BCUT2D eigenvalue weighted by atomic mass is 16.5. The van der Waals surface area contributed by atoms with E-state index in [2.05, 4.69) is 36.1 Å². The molecular weight excluding hydrogens is 226 g/mol. The van der Waals surface area contributed by atoms with Gasteiger partial charge in [-0.2, -0.15) is 0 Å². The van der Waals surface area contributed by atoms with Crippen LogP contribution in [-0.4, -0.2) is 36.8 Å². The molecule has 0 unspecified atom stereocenters. The molecule has 0 bridgehead atoms. The summed E-state index contributed by atoms with van der Waals surface area (Å²) in [7, 11) is 1.72. The lowest BCUT2D eigenvalue weighted by molar-refractivity contribution is 0.199. The molecule has 0 fully saturated rings. The van der Waals surface area contributed by atoms with Crippen LogP contribution in [0.2, 0.25) is 0 Å². The van der Waals surface area contributed by atoms with Crippen LogP contribution in [0, 0.1) is 13.8 Å². The summed E-state index contributed by atoms with van der Waals surface area (Å²) in [5.74, 6) is 0.951. The number of rotatable bonds is 8. The summed E-state index contributed by atoms with van der Waals surface area (Å²) in [5, 5.41) is 3.35. The maximum atomic E-state index is 4.99. The molecule has 0 amide bonds. The molecule has 1 aromatic rings. The first kappa shape index (κ1) is 15.1. The van der Waals surface area contributed by atoms with E-state index in [1.165, 1.54) is 5.56 Å². The van der Waals surface area contributed by atoms with Crippen LogP contribution in [-0.2, 0) is 17.6 Å². The summed E-state index contributed by atoms with van der Waals surface area (Å²) < 4.78 is 4.99. The zero-order valence-corrected chi connectivity index (χ0v) is 12.0. The zero-order chi connectivity index (χ0) is 13.4. The van der Waals surface area contributed by atoms with Gasteiger partial charge in [-0.1, -0.05) is 6.92 Å². The SMILES string of the molecule is CCc1nc(C)c(CCCNCCOC)c(C)n1. The van der Waals surface area contributed by atoms with E-state index in [4.69, 9.17) is 4.74 Å². The van der Waals surface area contributed by atoms with Crippen molar-refractivity contribution in [3.8, 4) is 0 Å². The van der Waals surface area contributed by atoms with Crippen molar-refractivity contribution in [2.45, 2.75) is 40.0 Å². The van der Waals surface area contributed by atoms with Gasteiger partial charge >= 0.3 is 0 Å². The van der Waals surface area contributed by atoms with Crippen LogP contribution >= 0.6 is 0 Å². The van der Waals surface area contributed by atoms with Gasteiger partial charge in [0.15, 0.2) is 0 Å². The first-order chi connectivity index (χ1) is 8.69. The number of nitrogens with one attached hydrogen (secondary N) is 1. The number of hydrogen-bond donors (Lipinski definition) is 1. The molecule has 1 aromatic heterocycles. The fourth-order valence-electron chi connectivity index (χ4n) is 2.02. The van der Waals surface area contributed by atoms with E-state index in [-0.39, 0.29) is 0 Å². The third-order valence-electron chi connectivity index (χ3n) is 3.05. The van der Waals surface area contributed by atoms with Crippen LogP contribution in [0.25, 0.3) is 0 Å². The first-order valence-electron chi connectivity index (χ1n) is 6.71. The van der Waals surface area contributed by atoms with Crippen molar-refractivity contribution in [2.75, 3.05) is 26.8 Å². The Morgan fingerprint density at radius 1 is 1.11 bits per heavy atom. The number of ether oxygens (including phenoxy) is 1. The Labute approximate surface area is 110 Å². The van der Waals surface area contributed by atoms with Gasteiger partial charge in [-0.15, -0.1) is 0 Å². The van der Waals surface area contributed by atoms with E-state index in [1.54, 1.807) is 7.11 Å². The van der Waals surface area contributed by atoms with Gasteiger partial charge < -0.3 is 10.1 Å². The van der Waals surface area contributed by atoms with Gasteiger partial charge in [0.2, 0.25) is 0 Å². The maximum absolute atomic E-state index is 4.99. The van der Waals surface area contributed by atoms with Gasteiger partial charge in [0.25, 0.3) is 0 Å². The van der Waals surface area contributed by atoms with Gasteiger partial charge in [0.1, 0.15) is 5.82 Å². The second-order valence-electron chi connectivity index (χ2n) is 4.49. The molecule has 18 heavy (non-hydrogen) atoms. The van der Waals surface area contributed by atoms with Crippen molar-refractivity contribution >= 4 is 0 Å². The van der Waals surface area contributed by atoms with Crippen LogP contribution in [0.1, 0.15) is 36.1 Å². The van der Waals surface area contributed by atoms with E-state index in [0.717, 1.165) is 56.2 Å². The molecule has 1 N–H and O–H groups in total. The molecule has 0 atom stereocenters. The van der Waals surface area contributed by atoms with Gasteiger partial charge in [-0.25, -0.2) is 9.97 Å². The number of methoxy groups -OCH3 is 1. The van der Waals surface area contributed by atoms with Crippen molar-refractivity contribution in [3.05, 3.63) is 22.8 Å². The second kappa shape index (κ2) is 8.16. The standard InChI is InChI=1S/C14H25N3O/c1-5-14-16-11(2)13(12(3)17-14)7-6-8-15-9-10-18-4/h15H,5-10H2,1-4H3. The smallest absolute Gasteiger partial charge is 0.128 e. The van der Waals surface area contributed by atoms with Crippen LogP contribution in [0.15, 0.2) is 0 Å². The van der Waals surface area contributed by atoms with Gasteiger partial charge in [-0.05, 0) is 38.8 Å². The highest BCUT2D eigenvalue weighted by Crippen LogP contribution is 2.12. The highest BCUT2D eigenvalue weighted by Gasteiger charge is 2.07. The molecule has 0 aliphatic rings. The third-order valence-corrected chi connectivity index (χ3v) is 3.05. The molecule has 0 saturated heterocycles. The summed E-state index contributed by atoms with van der Waals surface area (Å²) in [6, 6.07) is 0. The Bertz CT molecular complexity index is 343. The number of hydrogen-bond acceptors (Lipinski definition) is 4. The van der Waals surface area contributed by atoms with Crippen LogP contribution in [0.4, 0.5) is 0 Å². The molecule has 4 heteroatoms. The Balaban J connectivity index is 2.42. The largest absolute Gasteiger partial charge is 0.383 e. The van der Waals surface area contributed by atoms with Crippen LogP contribution in [0.5, 0.6) is 0 Å². The minimum absolute atomic E-state index is 0.770. The second-order valence-corrected chi connectivity index (χ2v) is 4.49. The Morgan fingerprint density at radius 3 is 2.33 bits per heavy atom. The summed E-state index contributed by atoms with van der Waals surface area (Å²) in [6.07, 6.45) is 3.06. The monoisotopic (exact) mass is 251 g/mol. The van der Waals surface area contributed by atoms with Gasteiger partial charge in [0.05, 0.1) is 6.61 Å². The summed E-state index contributed by atoms with van der Waals surface area (Å²) in [6.45, 7) is 8.96. The van der Waals surface area contributed by atoms with E-state index >= 15 is 0 Å². The molecule has 0 radical (unpaired) electrons. The maximum Gasteiger partial charge on any atom is 0.128 e. The molecule has 4 nitrogen and oxygen atoms in total. The highest BCUT2D eigenvalue weighted by molar-refractivity contribution is 5.24. The fourth-order valence-corrected chi connectivity index (χ4v) is 2.02. The molecule has 0 saturated carbocycles. The predicted octanol–water partition coefficient (Wildman–Crippen LogP) is 1.82. The van der Waals surface area contributed by atoms with Crippen molar-refractivity contribution in [1.82, 2.24) is 15.3 Å². The number of aryl methyl sites for hydroxylation is 3. The van der Waals surface area contributed by atoms with Gasteiger partial charge in [-0.3, -0.25) is 0 Å². The summed E-state index contributed by atoms with van der Waals surface area (Å²) in [4.78, 5) is 9.06. The van der Waals surface area contributed by atoms with Crippen molar-refractivity contribution in [3.63, 3.8) is 0 Å². The first-order valence-corrected chi connectivity index (χ1v) is 6.71. The van der Waals surface area contributed by atoms with Crippen LogP contribution in [0.3, 0.4) is 0 Å². The lowest BCUT2D eigenvalue weighted by atomic mass is 10.1. The molecule has 0 spiro atoms. The Morgan fingerprint density at radius 2 is 1.78 bits per heavy atom. The topological polar surface area (TPSA) is 47.0 Å². The normalized spacial score (nSPS) is 10.9. The minimum Gasteiger partial charge on any atom is -0.383 e. The van der Waals surface area contributed by atoms with Crippen molar-refractivity contribution in [2.24, 2.45) is 0 Å². The number of aromatic nitrogens is 2. The average molecular weight is 251 g/mol. The molecule has 1 heterocycles. The molecule has 0 aliphatic heterocycles. The van der Waals surface area contributed by atoms with Gasteiger partial charge in [0, 0.05) is 31.5 Å². The average Bonchev–Trinajstić information content (AvgIpc) is 2.35. The predicted molar refractivity (Wildman–Crippen MR) is 74.0 cm³/mol. The lowest BCUT2D eigenvalue weighted by Gasteiger charge is -2.10. The van der Waals surface area contributed by atoms with Crippen molar-refractivity contribution in [1.29, 1.82) is 0 Å². The summed E-state index contributed by atoms with van der Waals surface area (Å²) in [5.41, 5.74) is 3.58. The Kier molecular flexibility index (Phi) is 6.83. The third kappa shape index (κ3) is 4.70. The number of nitrogens with zero attached hydrogens (tertiary/aromatic N) is 2. The molecule has 102 valence electrons. The van der Waals surface area contributed by atoms with E-state index in [1.807, 2.05) is 0 Å². The molecule has 0 aliphatic carbocycles.